The number of ether oxygens (including phenoxy) is 1. The van der Waals surface area contributed by atoms with Gasteiger partial charge in [-0.25, -0.2) is 0 Å². The van der Waals surface area contributed by atoms with Gasteiger partial charge in [0.25, 0.3) is 11.8 Å². The molecule has 3 rings (SSSR count). The number of hydrogen-bond acceptors (Lipinski definition) is 4. The Balaban J connectivity index is 1.88. The maximum Gasteiger partial charge on any atom is 0.262 e. The summed E-state index contributed by atoms with van der Waals surface area (Å²) in [4.78, 5) is 25.9. The number of para-hydroxylation sites is 1. The fourth-order valence-corrected chi connectivity index (χ4v) is 2.95. The van der Waals surface area contributed by atoms with E-state index in [2.05, 4.69) is 24.5 Å². The van der Waals surface area contributed by atoms with Crippen LogP contribution in [0, 0.1) is 0 Å². The molecular weight excluding hydrogens is 270 g/mol. The van der Waals surface area contributed by atoms with E-state index in [0.717, 1.165) is 0 Å². The molecular formula is C15H19N3O3. The molecule has 1 fully saturated rings. The maximum absolute atomic E-state index is 12.7. The zero-order valence-electron chi connectivity index (χ0n) is 12.2. The van der Waals surface area contributed by atoms with Gasteiger partial charge in [-0.3, -0.25) is 9.59 Å². The van der Waals surface area contributed by atoms with E-state index >= 15 is 0 Å². The Labute approximate surface area is 123 Å². The number of carbonyl (C=O) groups is 2. The molecule has 1 aromatic carbocycles. The molecule has 2 aliphatic heterocycles. The van der Waals surface area contributed by atoms with Gasteiger partial charge in [0, 0.05) is 25.2 Å². The molecule has 2 atom stereocenters. The van der Waals surface area contributed by atoms with Gasteiger partial charge in [0.15, 0.2) is 12.4 Å². The number of carbonyl (C=O) groups excluding carboxylic acids is 2. The van der Waals surface area contributed by atoms with E-state index in [4.69, 9.17) is 4.74 Å². The van der Waals surface area contributed by atoms with E-state index in [1.165, 1.54) is 0 Å². The third-order valence-electron chi connectivity index (χ3n) is 3.71. The van der Waals surface area contributed by atoms with Crippen molar-refractivity contribution in [1.82, 2.24) is 10.2 Å². The molecule has 21 heavy (non-hydrogen) atoms. The summed E-state index contributed by atoms with van der Waals surface area (Å²) in [7, 11) is 0. The molecule has 0 aromatic heterocycles. The third kappa shape index (κ3) is 2.71. The molecule has 1 aromatic rings. The highest BCUT2D eigenvalue weighted by molar-refractivity contribution is 6.03. The Morgan fingerprint density at radius 3 is 2.71 bits per heavy atom. The fraction of sp³-hybridized carbons (Fsp3) is 0.467. The lowest BCUT2D eigenvalue weighted by atomic mass is 10.1. The van der Waals surface area contributed by atoms with Gasteiger partial charge >= 0.3 is 0 Å². The van der Waals surface area contributed by atoms with Crippen molar-refractivity contribution in [2.24, 2.45) is 0 Å². The van der Waals surface area contributed by atoms with Gasteiger partial charge in [-0.2, -0.15) is 0 Å². The number of piperazine rings is 1. The van der Waals surface area contributed by atoms with Crippen LogP contribution in [0.4, 0.5) is 5.69 Å². The second kappa shape index (κ2) is 5.37. The number of amides is 2. The highest BCUT2D eigenvalue weighted by Gasteiger charge is 2.29. The molecule has 2 amide bonds. The van der Waals surface area contributed by atoms with Gasteiger partial charge in [0.1, 0.15) is 0 Å². The zero-order chi connectivity index (χ0) is 15.0. The number of anilines is 1. The summed E-state index contributed by atoms with van der Waals surface area (Å²) < 4.78 is 5.46. The summed E-state index contributed by atoms with van der Waals surface area (Å²) in [5.74, 6) is 0.223. The number of benzene rings is 1. The van der Waals surface area contributed by atoms with Crippen LogP contribution in [-0.2, 0) is 4.79 Å². The number of nitrogens with zero attached hydrogens (tertiary/aromatic N) is 1. The van der Waals surface area contributed by atoms with Crippen molar-refractivity contribution in [3.8, 4) is 5.75 Å². The molecule has 2 N–H and O–H groups in total. The van der Waals surface area contributed by atoms with Crippen LogP contribution in [0.25, 0.3) is 0 Å². The Morgan fingerprint density at radius 2 is 2.00 bits per heavy atom. The summed E-state index contributed by atoms with van der Waals surface area (Å²) in [6, 6.07) is 5.77. The summed E-state index contributed by atoms with van der Waals surface area (Å²) in [5.41, 5.74) is 1.07. The number of hydrogen-bond donors (Lipinski definition) is 2. The minimum atomic E-state index is -0.198. The monoisotopic (exact) mass is 289 g/mol. The zero-order valence-corrected chi connectivity index (χ0v) is 12.2. The lowest BCUT2D eigenvalue weighted by Gasteiger charge is -2.36. The van der Waals surface area contributed by atoms with Gasteiger partial charge in [-0.05, 0) is 26.0 Å². The van der Waals surface area contributed by atoms with Crippen molar-refractivity contribution in [1.29, 1.82) is 0 Å². The van der Waals surface area contributed by atoms with Crippen LogP contribution in [0.15, 0.2) is 18.2 Å². The second-order valence-corrected chi connectivity index (χ2v) is 5.70. The first-order valence-electron chi connectivity index (χ1n) is 7.15. The largest absolute Gasteiger partial charge is 0.481 e. The SMILES string of the molecule is CC1CN(C(=O)c2cccc3c2OCC(=O)N3)CC(C)N1. The summed E-state index contributed by atoms with van der Waals surface area (Å²) in [6.45, 7) is 5.41. The highest BCUT2D eigenvalue weighted by Crippen LogP contribution is 2.32. The van der Waals surface area contributed by atoms with Crippen LogP contribution in [0.1, 0.15) is 24.2 Å². The van der Waals surface area contributed by atoms with Crippen molar-refractivity contribution < 1.29 is 14.3 Å². The molecule has 0 aliphatic carbocycles. The highest BCUT2D eigenvalue weighted by atomic mass is 16.5. The smallest absolute Gasteiger partial charge is 0.262 e. The predicted molar refractivity (Wildman–Crippen MR) is 78.5 cm³/mol. The van der Waals surface area contributed by atoms with E-state index in [0.29, 0.717) is 30.1 Å². The molecule has 2 aliphatic rings. The number of nitrogens with one attached hydrogen (secondary N) is 2. The van der Waals surface area contributed by atoms with Gasteiger partial charge in [-0.15, -0.1) is 0 Å². The minimum Gasteiger partial charge on any atom is -0.481 e. The van der Waals surface area contributed by atoms with Gasteiger partial charge in [0.05, 0.1) is 11.3 Å². The lowest BCUT2D eigenvalue weighted by molar-refractivity contribution is -0.118. The van der Waals surface area contributed by atoms with Crippen LogP contribution >= 0.6 is 0 Å². The van der Waals surface area contributed by atoms with Gasteiger partial charge < -0.3 is 20.3 Å². The van der Waals surface area contributed by atoms with Gasteiger partial charge in [0.2, 0.25) is 0 Å². The van der Waals surface area contributed by atoms with Crippen molar-refractivity contribution >= 4 is 17.5 Å². The number of rotatable bonds is 1. The van der Waals surface area contributed by atoms with E-state index in [1.807, 2.05) is 4.90 Å². The van der Waals surface area contributed by atoms with Crippen LogP contribution in [0.5, 0.6) is 5.75 Å². The molecule has 112 valence electrons. The molecule has 0 bridgehead atoms. The van der Waals surface area contributed by atoms with Crippen LogP contribution in [0.3, 0.4) is 0 Å². The van der Waals surface area contributed by atoms with E-state index in [-0.39, 0.29) is 30.5 Å². The normalized spacial score (nSPS) is 24.9. The molecule has 0 saturated carbocycles. The third-order valence-corrected chi connectivity index (χ3v) is 3.71. The van der Waals surface area contributed by atoms with E-state index in [1.54, 1.807) is 18.2 Å². The van der Waals surface area contributed by atoms with Crippen LogP contribution in [0.2, 0.25) is 0 Å². The predicted octanol–water partition coefficient (Wildman–Crippen LogP) is 0.840. The summed E-state index contributed by atoms with van der Waals surface area (Å²) >= 11 is 0. The molecule has 1 saturated heterocycles. The van der Waals surface area contributed by atoms with Crippen molar-refractivity contribution in [2.75, 3.05) is 25.0 Å². The maximum atomic E-state index is 12.7. The Bertz CT molecular complexity index is 578. The van der Waals surface area contributed by atoms with E-state index in [9.17, 15) is 9.59 Å². The lowest BCUT2D eigenvalue weighted by Crippen LogP contribution is -2.55. The molecule has 0 radical (unpaired) electrons. The Hall–Kier alpha value is -2.08. The summed E-state index contributed by atoms with van der Waals surface area (Å²) in [6.07, 6.45) is 0. The Kier molecular flexibility index (Phi) is 3.55. The second-order valence-electron chi connectivity index (χ2n) is 5.70. The van der Waals surface area contributed by atoms with Crippen LogP contribution < -0.4 is 15.4 Å². The topological polar surface area (TPSA) is 70.7 Å². The van der Waals surface area contributed by atoms with Gasteiger partial charge in [-0.1, -0.05) is 6.07 Å². The average molecular weight is 289 g/mol. The van der Waals surface area contributed by atoms with Crippen molar-refractivity contribution in [3.05, 3.63) is 23.8 Å². The standard InChI is InChI=1S/C15H19N3O3/c1-9-6-18(7-10(2)16-9)15(20)11-4-3-5-12-14(11)21-8-13(19)17-12/h3-5,9-10,16H,6-8H2,1-2H3,(H,17,19). The molecule has 2 unspecified atom stereocenters. The first-order chi connectivity index (χ1) is 10.0. The molecule has 6 heteroatoms. The number of fused-ring (bicyclic) bond motifs is 1. The quantitative estimate of drug-likeness (QED) is 0.804. The van der Waals surface area contributed by atoms with Crippen LogP contribution in [-0.4, -0.2) is 48.5 Å². The average Bonchev–Trinajstić information content (AvgIpc) is 2.44. The molecule has 6 nitrogen and oxygen atoms in total. The van der Waals surface area contributed by atoms with Crippen molar-refractivity contribution in [2.45, 2.75) is 25.9 Å². The first-order valence-corrected chi connectivity index (χ1v) is 7.15. The minimum absolute atomic E-state index is 0.0499. The van der Waals surface area contributed by atoms with Crippen molar-refractivity contribution in [3.63, 3.8) is 0 Å². The Morgan fingerprint density at radius 1 is 1.29 bits per heavy atom. The first kappa shape index (κ1) is 13.9. The molecule has 0 spiro atoms. The summed E-state index contributed by atoms with van der Waals surface area (Å²) in [5, 5.41) is 6.13. The van der Waals surface area contributed by atoms with E-state index < -0.39 is 0 Å². The molecule has 2 heterocycles. The fourth-order valence-electron chi connectivity index (χ4n) is 2.95.